The number of pyridine rings is 1. The Morgan fingerprint density at radius 1 is 1.32 bits per heavy atom. The van der Waals surface area contributed by atoms with E-state index in [1.165, 1.54) is 12.8 Å². The Labute approximate surface area is 116 Å². The van der Waals surface area contributed by atoms with Crippen molar-refractivity contribution in [2.45, 2.75) is 32.4 Å². The van der Waals surface area contributed by atoms with Crippen molar-refractivity contribution < 1.29 is 0 Å². The fraction of sp³-hybridized carbons (Fsp3) is 0.667. The predicted molar refractivity (Wildman–Crippen MR) is 80.5 cm³/mol. The molecule has 1 N–H and O–H groups in total. The molecule has 1 aliphatic rings. The number of hydrogen-bond acceptors (Lipinski definition) is 4. The number of rotatable bonds is 5. The highest BCUT2D eigenvalue weighted by Crippen LogP contribution is 2.20. The molecule has 0 bridgehead atoms. The molecular weight excluding hydrogens is 236 g/mol. The molecular formula is C15H26N4. The van der Waals surface area contributed by atoms with Gasteiger partial charge in [0.2, 0.25) is 0 Å². The zero-order valence-electron chi connectivity index (χ0n) is 12.4. The summed E-state index contributed by atoms with van der Waals surface area (Å²) >= 11 is 0. The third-order valence-electron chi connectivity index (χ3n) is 3.87. The van der Waals surface area contributed by atoms with Crippen molar-refractivity contribution in [2.75, 3.05) is 38.6 Å². The Kier molecular flexibility index (Phi) is 5.16. The van der Waals surface area contributed by atoms with Crippen molar-refractivity contribution in [3.05, 3.63) is 23.9 Å². The molecule has 0 atom stereocenters. The third-order valence-corrected chi connectivity index (χ3v) is 3.87. The number of hydrogen-bond donors (Lipinski definition) is 1. The average molecular weight is 262 g/mol. The van der Waals surface area contributed by atoms with E-state index >= 15 is 0 Å². The van der Waals surface area contributed by atoms with Crippen molar-refractivity contribution in [1.82, 2.24) is 15.2 Å². The van der Waals surface area contributed by atoms with Crippen LogP contribution in [0.25, 0.3) is 0 Å². The molecule has 0 aliphatic carbocycles. The van der Waals surface area contributed by atoms with Gasteiger partial charge in [-0.1, -0.05) is 13.0 Å². The maximum absolute atomic E-state index is 4.75. The molecule has 2 rings (SSSR count). The summed E-state index contributed by atoms with van der Waals surface area (Å²) in [6.07, 6.45) is 2.46. The van der Waals surface area contributed by atoms with Crippen LogP contribution < -0.4 is 10.2 Å². The summed E-state index contributed by atoms with van der Waals surface area (Å²) < 4.78 is 0. The van der Waals surface area contributed by atoms with Crippen LogP contribution in [0.3, 0.4) is 0 Å². The van der Waals surface area contributed by atoms with E-state index in [0.717, 1.165) is 43.7 Å². The highest BCUT2D eigenvalue weighted by atomic mass is 15.2. The lowest BCUT2D eigenvalue weighted by molar-refractivity contribution is 0.249. The zero-order valence-corrected chi connectivity index (χ0v) is 12.4. The van der Waals surface area contributed by atoms with Crippen LogP contribution in [0.5, 0.6) is 0 Å². The monoisotopic (exact) mass is 262 g/mol. The molecule has 4 heteroatoms. The molecule has 1 fully saturated rings. The summed E-state index contributed by atoms with van der Waals surface area (Å²) in [6, 6.07) is 7.07. The van der Waals surface area contributed by atoms with Gasteiger partial charge < -0.3 is 15.1 Å². The molecule has 1 aromatic heterocycles. The van der Waals surface area contributed by atoms with Crippen LogP contribution in [0, 0.1) is 0 Å². The van der Waals surface area contributed by atoms with Crippen molar-refractivity contribution in [3.63, 3.8) is 0 Å². The summed E-state index contributed by atoms with van der Waals surface area (Å²) in [7, 11) is 4.35. The van der Waals surface area contributed by atoms with E-state index in [1.54, 1.807) is 0 Å². The normalized spacial score (nSPS) is 17.2. The number of piperidine rings is 1. The van der Waals surface area contributed by atoms with Crippen LogP contribution in [-0.4, -0.2) is 49.7 Å². The first kappa shape index (κ1) is 14.3. The highest BCUT2D eigenvalue weighted by molar-refractivity contribution is 5.39. The van der Waals surface area contributed by atoms with E-state index in [2.05, 4.69) is 54.3 Å². The lowest BCUT2D eigenvalue weighted by atomic mass is 10.0. The SMILES string of the molecule is CCNCc1cccc(N2CCC(N(C)C)CC2)n1. The van der Waals surface area contributed by atoms with Gasteiger partial charge >= 0.3 is 0 Å². The summed E-state index contributed by atoms with van der Waals surface area (Å²) in [5, 5.41) is 3.33. The Morgan fingerprint density at radius 3 is 2.68 bits per heavy atom. The summed E-state index contributed by atoms with van der Waals surface area (Å²) in [5.74, 6) is 1.13. The molecule has 2 heterocycles. The minimum absolute atomic E-state index is 0.723. The maximum Gasteiger partial charge on any atom is 0.128 e. The van der Waals surface area contributed by atoms with Gasteiger partial charge in [0.15, 0.2) is 0 Å². The van der Waals surface area contributed by atoms with E-state index in [4.69, 9.17) is 4.98 Å². The second-order valence-electron chi connectivity index (χ2n) is 5.45. The summed E-state index contributed by atoms with van der Waals surface area (Å²) in [5.41, 5.74) is 1.13. The standard InChI is InChI=1S/C15H26N4/c1-4-16-12-13-6-5-7-15(17-13)19-10-8-14(9-11-19)18(2)3/h5-7,14,16H,4,8-12H2,1-3H3. The lowest BCUT2D eigenvalue weighted by Gasteiger charge is -2.35. The quantitative estimate of drug-likeness (QED) is 0.875. The van der Waals surface area contributed by atoms with Gasteiger partial charge in [0, 0.05) is 25.7 Å². The number of anilines is 1. The average Bonchev–Trinajstić information content (AvgIpc) is 2.45. The minimum atomic E-state index is 0.723. The van der Waals surface area contributed by atoms with Gasteiger partial charge in [0.05, 0.1) is 5.69 Å². The van der Waals surface area contributed by atoms with Crippen LogP contribution in [0.15, 0.2) is 18.2 Å². The van der Waals surface area contributed by atoms with Crippen LogP contribution in [0.2, 0.25) is 0 Å². The number of nitrogens with one attached hydrogen (secondary N) is 1. The first-order chi connectivity index (χ1) is 9.20. The zero-order chi connectivity index (χ0) is 13.7. The first-order valence-corrected chi connectivity index (χ1v) is 7.28. The molecule has 1 saturated heterocycles. The molecule has 0 radical (unpaired) electrons. The van der Waals surface area contributed by atoms with E-state index in [-0.39, 0.29) is 0 Å². The van der Waals surface area contributed by atoms with E-state index in [9.17, 15) is 0 Å². The Hall–Kier alpha value is -1.13. The van der Waals surface area contributed by atoms with Crippen LogP contribution >= 0.6 is 0 Å². The van der Waals surface area contributed by atoms with Crippen molar-refractivity contribution >= 4 is 5.82 Å². The molecule has 19 heavy (non-hydrogen) atoms. The Morgan fingerprint density at radius 2 is 2.05 bits per heavy atom. The molecule has 4 nitrogen and oxygen atoms in total. The molecule has 0 saturated carbocycles. The van der Waals surface area contributed by atoms with Gasteiger partial charge in [-0.25, -0.2) is 4.98 Å². The second kappa shape index (κ2) is 6.87. The lowest BCUT2D eigenvalue weighted by Crippen LogP contribution is -2.42. The van der Waals surface area contributed by atoms with E-state index < -0.39 is 0 Å². The molecule has 0 spiro atoms. The van der Waals surface area contributed by atoms with E-state index in [1.807, 2.05) is 0 Å². The number of nitrogens with zero attached hydrogens (tertiary/aromatic N) is 3. The molecule has 1 aliphatic heterocycles. The molecule has 0 unspecified atom stereocenters. The van der Waals surface area contributed by atoms with Crippen molar-refractivity contribution in [2.24, 2.45) is 0 Å². The smallest absolute Gasteiger partial charge is 0.128 e. The van der Waals surface area contributed by atoms with Gasteiger partial charge in [-0.3, -0.25) is 0 Å². The Bertz CT molecular complexity index is 383. The molecule has 106 valence electrons. The summed E-state index contributed by atoms with van der Waals surface area (Å²) in [6.45, 7) is 6.19. The largest absolute Gasteiger partial charge is 0.356 e. The van der Waals surface area contributed by atoms with Gasteiger partial charge in [-0.15, -0.1) is 0 Å². The topological polar surface area (TPSA) is 31.4 Å². The second-order valence-corrected chi connectivity index (χ2v) is 5.45. The fourth-order valence-corrected chi connectivity index (χ4v) is 2.61. The fourth-order valence-electron chi connectivity index (χ4n) is 2.61. The Balaban J connectivity index is 1.95. The summed E-state index contributed by atoms with van der Waals surface area (Å²) in [4.78, 5) is 9.51. The van der Waals surface area contributed by atoms with Crippen molar-refractivity contribution in [3.8, 4) is 0 Å². The first-order valence-electron chi connectivity index (χ1n) is 7.28. The number of aromatic nitrogens is 1. The van der Waals surface area contributed by atoms with Gasteiger partial charge in [-0.2, -0.15) is 0 Å². The van der Waals surface area contributed by atoms with Gasteiger partial charge in [0.25, 0.3) is 0 Å². The van der Waals surface area contributed by atoms with Crippen LogP contribution in [-0.2, 0) is 6.54 Å². The molecule has 0 aromatic carbocycles. The highest BCUT2D eigenvalue weighted by Gasteiger charge is 2.21. The molecule has 0 amide bonds. The van der Waals surface area contributed by atoms with Crippen LogP contribution in [0.1, 0.15) is 25.5 Å². The van der Waals surface area contributed by atoms with Gasteiger partial charge in [-0.05, 0) is 45.6 Å². The third kappa shape index (κ3) is 3.91. The maximum atomic E-state index is 4.75. The minimum Gasteiger partial charge on any atom is -0.356 e. The molecule has 1 aromatic rings. The van der Waals surface area contributed by atoms with E-state index in [0.29, 0.717) is 0 Å². The van der Waals surface area contributed by atoms with Crippen molar-refractivity contribution in [1.29, 1.82) is 0 Å². The van der Waals surface area contributed by atoms with Gasteiger partial charge in [0.1, 0.15) is 5.82 Å². The predicted octanol–water partition coefficient (Wildman–Crippen LogP) is 1.72. The van der Waals surface area contributed by atoms with Crippen LogP contribution in [0.4, 0.5) is 5.82 Å².